The van der Waals surface area contributed by atoms with Crippen molar-refractivity contribution in [3.8, 4) is 0 Å². The predicted molar refractivity (Wildman–Crippen MR) is 30.1 cm³/mol. The summed E-state index contributed by atoms with van der Waals surface area (Å²) in [4.78, 5) is 10.3. The van der Waals surface area contributed by atoms with Crippen LogP contribution in [-0.4, -0.2) is 32.5 Å². The molecule has 0 spiro atoms. The van der Waals surface area contributed by atoms with Crippen LogP contribution in [0.4, 0.5) is 4.79 Å². The molecule has 52 valence electrons. The molecule has 1 rings (SSSR count). The van der Waals surface area contributed by atoms with Gasteiger partial charge >= 0.3 is 6.09 Å². The van der Waals surface area contributed by atoms with Crippen molar-refractivity contribution in [2.45, 2.75) is 6.04 Å². The summed E-state index contributed by atoms with van der Waals surface area (Å²) >= 11 is 0. The van der Waals surface area contributed by atoms with E-state index in [9.17, 15) is 4.79 Å². The molecule has 0 aromatic carbocycles. The Morgan fingerprint density at radius 3 is 3.22 bits per heavy atom. The number of nitrogens with one attached hydrogen (secondary N) is 1. The van der Waals surface area contributed by atoms with E-state index in [-0.39, 0.29) is 12.1 Å². The monoisotopic (exact) mass is 131 g/mol. The molecule has 0 bridgehead atoms. The van der Waals surface area contributed by atoms with E-state index < -0.39 is 0 Å². The number of alkyl carbamates (subject to hydrolysis) is 1. The van der Waals surface area contributed by atoms with Gasteiger partial charge in [0.25, 0.3) is 0 Å². The number of carbonyl (C=O) groups is 1. The highest BCUT2D eigenvalue weighted by atomic mass is 16.6. The highest BCUT2D eigenvalue weighted by Crippen LogP contribution is 1.96. The molecule has 0 saturated carbocycles. The van der Waals surface area contributed by atoms with Gasteiger partial charge in [-0.3, -0.25) is 0 Å². The second-order valence-electron chi connectivity index (χ2n) is 1.90. The Labute approximate surface area is 53.1 Å². The first kappa shape index (κ1) is 6.35. The average molecular weight is 131 g/mol. The third-order valence-electron chi connectivity index (χ3n) is 1.11. The summed E-state index contributed by atoms with van der Waals surface area (Å²) in [5, 5.41) is 2.57. The highest BCUT2D eigenvalue weighted by molar-refractivity contribution is 5.69. The number of hydrogen-bond acceptors (Lipinski definition) is 3. The van der Waals surface area contributed by atoms with Gasteiger partial charge in [-0.25, -0.2) is 4.79 Å². The fourth-order valence-corrected chi connectivity index (χ4v) is 0.717. The van der Waals surface area contributed by atoms with Gasteiger partial charge in [0, 0.05) is 7.11 Å². The molecular weight excluding hydrogens is 122 g/mol. The molecule has 4 nitrogen and oxygen atoms in total. The molecule has 1 saturated heterocycles. The minimum atomic E-state index is -0.350. The maximum absolute atomic E-state index is 10.3. The normalized spacial score (nSPS) is 25.4. The number of cyclic esters (lactones) is 1. The van der Waals surface area contributed by atoms with Gasteiger partial charge in [0.15, 0.2) is 0 Å². The number of methoxy groups -OCH3 is 1. The molecule has 0 aliphatic carbocycles. The summed E-state index contributed by atoms with van der Waals surface area (Å²) in [7, 11) is 1.59. The lowest BCUT2D eigenvalue weighted by Gasteiger charge is -2.02. The van der Waals surface area contributed by atoms with E-state index in [1.165, 1.54) is 0 Å². The van der Waals surface area contributed by atoms with Crippen LogP contribution in [0.1, 0.15) is 0 Å². The zero-order valence-electron chi connectivity index (χ0n) is 5.22. The lowest BCUT2D eigenvalue weighted by atomic mass is 10.4. The minimum Gasteiger partial charge on any atom is -0.447 e. The largest absolute Gasteiger partial charge is 0.447 e. The Balaban J connectivity index is 2.22. The maximum Gasteiger partial charge on any atom is 0.407 e. The summed E-state index contributed by atoms with van der Waals surface area (Å²) < 4.78 is 9.37. The molecule has 4 heteroatoms. The lowest BCUT2D eigenvalue weighted by molar-refractivity contribution is 0.156. The topological polar surface area (TPSA) is 47.6 Å². The SMILES string of the molecule is COC[C@@H]1COC(=O)N1. The van der Waals surface area contributed by atoms with E-state index in [2.05, 4.69) is 10.1 Å². The van der Waals surface area contributed by atoms with Gasteiger partial charge < -0.3 is 14.8 Å². The third-order valence-corrected chi connectivity index (χ3v) is 1.11. The first-order valence-electron chi connectivity index (χ1n) is 2.75. The number of amides is 1. The Morgan fingerprint density at radius 1 is 2.00 bits per heavy atom. The first-order chi connectivity index (χ1) is 4.33. The quantitative estimate of drug-likeness (QED) is 0.561. The van der Waals surface area contributed by atoms with Crippen molar-refractivity contribution < 1.29 is 14.3 Å². The summed E-state index contributed by atoms with van der Waals surface area (Å²) in [5.74, 6) is 0. The fraction of sp³-hybridized carbons (Fsp3) is 0.800. The molecule has 0 aromatic rings. The van der Waals surface area contributed by atoms with Crippen LogP contribution in [0, 0.1) is 0 Å². The van der Waals surface area contributed by atoms with Crippen molar-refractivity contribution in [3.05, 3.63) is 0 Å². The summed E-state index contributed by atoms with van der Waals surface area (Å²) in [6.45, 7) is 0.943. The van der Waals surface area contributed by atoms with Crippen molar-refractivity contribution in [1.29, 1.82) is 0 Å². The number of carbonyl (C=O) groups excluding carboxylic acids is 1. The second-order valence-corrected chi connectivity index (χ2v) is 1.90. The molecule has 1 heterocycles. The molecule has 0 unspecified atom stereocenters. The zero-order chi connectivity index (χ0) is 6.69. The van der Waals surface area contributed by atoms with Gasteiger partial charge in [0.1, 0.15) is 6.61 Å². The fourth-order valence-electron chi connectivity index (χ4n) is 0.717. The standard InChI is InChI=1S/C5H9NO3/c1-8-2-4-3-9-5(7)6-4/h4H,2-3H2,1H3,(H,6,7)/t4-/m1/s1. The van der Waals surface area contributed by atoms with Crippen LogP contribution in [0.15, 0.2) is 0 Å². The van der Waals surface area contributed by atoms with E-state index in [0.29, 0.717) is 13.2 Å². The molecule has 1 aliphatic heterocycles. The Bertz CT molecular complexity index is 115. The first-order valence-corrected chi connectivity index (χ1v) is 2.75. The molecule has 1 atom stereocenters. The molecule has 1 N–H and O–H groups in total. The molecule has 1 aliphatic rings. The Morgan fingerprint density at radius 2 is 2.78 bits per heavy atom. The lowest BCUT2D eigenvalue weighted by Crippen LogP contribution is -2.30. The van der Waals surface area contributed by atoms with Crippen molar-refractivity contribution in [3.63, 3.8) is 0 Å². The van der Waals surface area contributed by atoms with E-state index in [0.717, 1.165) is 0 Å². The maximum atomic E-state index is 10.3. The van der Waals surface area contributed by atoms with Gasteiger partial charge in [-0.2, -0.15) is 0 Å². The van der Waals surface area contributed by atoms with E-state index in [4.69, 9.17) is 4.74 Å². The number of rotatable bonds is 2. The van der Waals surface area contributed by atoms with Crippen LogP contribution in [-0.2, 0) is 9.47 Å². The zero-order valence-corrected chi connectivity index (χ0v) is 5.22. The summed E-state index contributed by atoms with van der Waals surface area (Å²) in [6.07, 6.45) is -0.350. The van der Waals surface area contributed by atoms with Crippen LogP contribution in [0.5, 0.6) is 0 Å². The second kappa shape index (κ2) is 2.68. The molecule has 0 aromatic heterocycles. The van der Waals surface area contributed by atoms with E-state index in [1.54, 1.807) is 7.11 Å². The van der Waals surface area contributed by atoms with Crippen LogP contribution < -0.4 is 5.32 Å². The summed E-state index contributed by atoms with van der Waals surface area (Å²) in [6, 6.07) is 0.0440. The predicted octanol–water partition coefficient (Wildman–Crippen LogP) is -0.259. The van der Waals surface area contributed by atoms with E-state index >= 15 is 0 Å². The van der Waals surface area contributed by atoms with Gasteiger partial charge in [-0.1, -0.05) is 0 Å². The van der Waals surface area contributed by atoms with Crippen LogP contribution in [0.25, 0.3) is 0 Å². The van der Waals surface area contributed by atoms with Crippen LogP contribution >= 0.6 is 0 Å². The van der Waals surface area contributed by atoms with Crippen molar-refractivity contribution in [2.24, 2.45) is 0 Å². The smallest absolute Gasteiger partial charge is 0.407 e. The van der Waals surface area contributed by atoms with Crippen LogP contribution in [0.3, 0.4) is 0 Å². The van der Waals surface area contributed by atoms with Gasteiger partial charge in [0.2, 0.25) is 0 Å². The van der Waals surface area contributed by atoms with Crippen molar-refractivity contribution >= 4 is 6.09 Å². The Hall–Kier alpha value is -0.770. The number of hydrogen-bond donors (Lipinski definition) is 1. The number of ether oxygens (including phenoxy) is 2. The Kier molecular flexibility index (Phi) is 1.89. The third kappa shape index (κ3) is 1.57. The molecule has 0 radical (unpaired) electrons. The molecule has 1 fully saturated rings. The molecule has 9 heavy (non-hydrogen) atoms. The summed E-state index contributed by atoms with van der Waals surface area (Å²) in [5.41, 5.74) is 0. The van der Waals surface area contributed by atoms with Crippen LogP contribution in [0.2, 0.25) is 0 Å². The molecular formula is C5H9NO3. The highest BCUT2D eigenvalue weighted by Gasteiger charge is 2.21. The van der Waals surface area contributed by atoms with Crippen molar-refractivity contribution in [1.82, 2.24) is 5.32 Å². The van der Waals surface area contributed by atoms with E-state index in [1.807, 2.05) is 0 Å². The van der Waals surface area contributed by atoms with Crippen molar-refractivity contribution in [2.75, 3.05) is 20.3 Å². The van der Waals surface area contributed by atoms with Gasteiger partial charge in [-0.05, 0) is 0 Å². The average Bonchev–Trinajstić information content (AvgIpc) is 2.17. The van der Waals surface area contributed by atoms with Gasteiger partial charge in [-0.15, -0.1) is 0 Å². The van der Waals surface area contributed by atoms with Gasteiger partial charge in [0.05, 0.1) is 12.6 Å². The minimum absolute atomic E-state index is 0.0440. The molecule has 1 amide bonds.